The van der Waals surface area contributed by atoms with Crippen LogP contribution < -0.4 is 0 Å². The number of hydrogen-bond donors (Lipinski definition) is 1. The molecule has 3 nitrogen and oxygen atoms in total. The molecule has 0 aliphatic heterocycles. The predicted octanol–water partition coefficient (Wildman–Crippen LogP) is 0.496. The number of carboxylic acids is 1. The molecule has 0 radical (unpaired) electrons. The lowest BCUT2D eigenvalue weighted by atomic mass is 10.1. The Kier molecular flexibility index (Phi) is 1.24. The minimum Gasteiger partial charge on any atom is -0.481 e. The maximum Gasteiger partial charge on any atom is 0.312 e. The van der Waals surface area contributed by atoms with E-state index >= 15 is 0 Å². The molecule has 0 amide bonds. The second kappa shape index (κ2) is 1.70. The van der Waals surface area contributed by atoms with Crippen LogP contribution in [0.4, 0.5) is 0 Å². The highest BCUT2D eigenvalue weighted by molar-refractivity contribution is 5.78. The van der Waals surface area contributed by atoms with Gasteiger partial charge in [0.05, 0.1) is 11.5 Å². The number of carbonyl (C=O) groups is 1. The molecular weight excluding hydrogens is 120 g/mol. The SMILES string of the molecule is COC1CC1(C)C(=O)O. The van der Waals surface area contributed by atoms with Crippen molar-refractivity contribution in [2.24, 2.45) is 5.41 Å². The van der Waals surface area contributed by atoms with Gasteiger partial charge in [0.15, 0.2) is 0 Å². The summed E-state index contributed by atoms with van der Waals surface area (Å²) in [6, 6.07) is 0. The van der Waals surface area contributed by atoms with E-state index in [0.29, 0.717) is 6.42 Å². The van der Waals surface area contributed by atoms with Crippen LogP contribution in [0.3, 0.4) is 0 Å². The van der Waals surface area contributed by atoms with Crippen molar-refractivity contribution >= 4 is 5.97 Å². The molecule has 0 aromatic rings. The lowest BCUT2D eigenvalue weighted by molar-refractivity contribution is -0.144. The second-order valence-electron chi connectivity index (χ2n) is 2.65. The normalized spacial score (nSPS) is 40.4. The Labute approximate surface area is 53.6 Å². The second-order valence-corrected chi connectivity index (χ2v) is 2.65. The molecule has 0 saturated heterocycles. The Balaban J connectivity index is 2.52. The fourth-order valence-electron chi connectivity index (χ4n) is 0.895. The van der Waals surface area contributed by atoms with Gasteiger partial charge < -0.3 is 9.84 Å². The summed E-state index contributed by atoms with van der Waals surface area (Å²) < 4.78 is 4.86. The summed E-state index contributed by atoms with van der Waals surface area (Å²) in [6.07, 6.45) is 0.591. The van der Waals surface area contributed by atoms with E-state index in [9.17, 15) is 4.79 Å². The fourth-order valence-corrected chi connectivity index (χ4v) is 0.895. The summed E-state index contributed by atoms with van der Waals surface area (Å²) in [6.45, 7) is 1.70. The van der Waals surface area contributed by atoms with Crippen LogP contribution in [0.15, 0.2) is 0 Å². The molecule has 1 N–H and O–H groups in total. The minimum absolute atomic E-state index is 0.0602. The molecule has 0 aromatic heterocycles. The number of carboxylic acid groups (broad SMARTS) is 1. The Morgan fingerprint density at radius 3 is 2.56 bits per heavy atom. The van der Waals surface area contributed by atoms with Crippen molar-refractivity contribution in [3.63, 3.8) is 0 Å². The molecule has 0 aromatic carbocycles. The monoisotopic (exact) mass is 130 g/mol. The first kappa shape index (κ1) is 6.55. The van der Waals surface area contributed by atoms with E-state index in [4.69, 9.17) is 9.84 Å². The summed E-state index contributed by atoms with van der Waals surface area (Å²) >= 11 is 0. The number of aliphatic carboxylic acids is 1. The topological polar surface area (TPSA) is 46.5 Å². The van der Waals surface area contributed by atoms with E-state index < -0.39 is 11.4 Å². The summed E-state index contributed by atoms with van der Waals surface area (Å²) in [5.41, 5.74) is -0.589. The zero-order valence-electron chi connectivity index (χ0n) is 5.55. The molecule has 9 heavy (non-hydrogen) atoms. The third-order valence-electron chi connectivity index (χ3n) is 1.93. The minimum atomic E-state index is -0.755. The largest absolute Gasteiger partial charge is 0.481 e. The molecule has 0 spiro atoms. The lowest BCUT2D eigenvalue weighted by Gasteiger charge is -2.00. The van der Waals surface area contributed by atoms with Gasteiger partial charge >= 0.3 is 5.97 Å². The first-order valence-corrected chi connectivity index (χ1v) is 2.87. The molecule has 2 unspecified atom stereocenters. The van der Waals surface area contributed by atoms with Crippen molar-refractivity contribution in [3.05, 3.63) is 0 Å². The van der Waals surface area contributed by atoms with Crippen LogP contribution in [0, 0.1) is 5.41 Å². The highest BCUT2D eigenvalue weighted by Crippen LogP contribution is 2.47. The van der Waals surface area contributed by atoms with Gasteiger partial charge in [0.25, 0.3) is 0 Å². The summed E-state index contributed by atoms with van der Waals surface area (Å²) in [4.78, 5) is 10.4. The van der Waals surface area contributed by atoms with Crippen molar-refractivity contribution in [1.29, 1.82) is 0 Å². The first-order chi connectivity index (χ1) is 4.11. The van der Waals surface area contributed by atoms with E-state index in [-0.39, 0.29) is 6.10 Å². The third kappa shape index (κ3) is 0.812. The summed E-state index contributed by atoms with van der Waals surface area (Å²) in [7, 11) is 1.54. The van der Waals surface area contributed by atoms with Gasteiger partial charge in [-0.3, -0.25) is 4.79 Å². The molecule has 1 saturated carbocycles. The fraction of sp³-hybridized carbons (Fsp3) is 0.833. The first-order valence-electron chi connectivity index (χ1n) is 2.87. The number of rotatable bonds is 2. The van der Waals surface area contributed by atoms with E-state index in [2.05, 4.69) is 0 Å². The zero-order chi connectivity index (χ0) is 7.07. The molecular formula is C6H10O3. The van der Waals surface area contributed by atoms with Gasteiger partial charge in [-0.2, -0.15) is 0 Å². The van der Waals surface area contributed by atoms with Crippen LogP contribution in [-0.4, -0.2) is 24.3 Å². The van der Waals surface area contributed by atoms with E-state index in [1.807, 2.05) is 0 Å². The van der Waals surface area contributed by atoms with Gasteiger partial charge in [-0.15, -0.1) is 0 Å². The van der Waals surface area contributed by atoms with Crippen LogP contribution in [-0.2, 0) is 9.53 Å². The van der Waals surface area contributed by atoms with Gasteiger partial charge in [0.2, 0.25) is 0 Å². The molecule has 1 fully saturated rings. The average molecular weight is 130 g/mol. The molecule has 2 atom stereocenters. The van der Waals surface area contributed by atoms with Gasteiger partial charge in [-0.05, 0) is 13.3 Å². The quantitative estimate of drug-likeness (QED) is 0.592. The van der Waals surface area contributed by atoms with Crippen LogP contribution in [0.5, 0.6) is 0 Å². The molecule has 52 valence electrons. The third-order valence-corrected chi connectivity index (χ3v) is 1.93. The van der Waals surface area contributed by atoms with Crippen molar-refractivity contribution in [1.82, 2.24) is 0 Å². The number of methoxy groups -OCH3 is 1. The van der Waals surface area contributed by atoms with Crippen LogP contribution in [0.25, 0.3) is 0 Å². The average Bonchev–Trinajstić information content (AvgIpc) is 2.44. The molecule has 0 bridgehead atoms. The van der Waals surface area contributed by atoms with E-state index in [0.717, 1.165) is 0 Å². The predicted molar refractivity (Wildman–Crippen MR) is 31.2 cm³/mol. The van der Waals surface area contributed by atoms with Gasteiger partial charge in [0, 0.05) is 7.11 Å². The van der Waals surface area contributed by atoms with E-state index in [1.165, 1.54) is 0 Å². The van der Waals surface area contributed by atoms with Crippen LogP contribution >= 0.6 is 0 Å². The molecule has 1 aliphatic carbocycles. The summed E-state index contributed by atoms with van der Waals surface area (Å²) in [5.74, 6) is -0.755. The highest BCUT2D eigenvalue weighted by Gasteiger charge is 2.57. The molecule has 1 aliphatic rings. The maximum absolute atomic E-state index is 10.4. The van der Waals surface area contributed by atoms with Crippen LogP contribution in [0.2, 0.25) is 0 Å². The Hall–Kier alpha value is -0.570. The highest BCUT2D eigenvalue weighted by atomic mass is 16.5. The van der Waals surface area contributed by atoms with Crippen molar-refractivity contribution < 1.29 is 14.6 Å². The number of hydrogen-bond acceptors (Lipinski definition) is 2. The van der Waals surface area contributed by atoms with Crippen molar-refractivity contribution in [2.75, 3.05) is 7.11 Å². The van der Waals surface area contributed by atoms with Gasteiger partial charge in [-0.25, -0.2) is 0 Å². The van der Waals surface area contributed by atoms with Crippen molar-refractivity contribution in [3.8, 4) is 0 Å². The smallest absolute Gasteiger partial charge is 0.312 e. The van der Waals surface area contributed by atoms with E-state index in [1.54, 1.807) is 14.0 Å². The number of ether oxygens (including phenoxy) is 1. The lowest BCUT2D eigenvalue weighted by Crippen LogP contribution is -2.15. The Morgan fingerprint density at radius 2 is 2.44 bits per heavy atom. The Bertz CT molecular complexity index is 143. The van der Waals surface area contributed by atoms with Gasteiger partial charge in [-0.1, -0.05) is 0 Å². The maximum atomic E-state index is 10.4. The summed E-state index contributed by atoms with van der Waals surface area (Å²) in [5, 5.41) is 8.53. The molecule has 1 rings (SSSR count). The standard InChI is InChI=1S/C6H10O3/c1-6(5(7)8)3-4(6)9-2/h4H,3H2,1-2H3,(H,7,8). The molecule has 3 heteroatoms. The van der Waals surface area contributed by atoms with Crippen LogP contribution in [0.1, 0.15) is 13.3 Å². The Morgan fingerprint density at radius 1 is 1.89 bits per heavy atom. The van der Waals surface area contributed by atoms with Gasteiger partial charge in [0.1, 0.15) is 0 Å². The van der Waals surface area contributed by atoms with Crippen molar-refractivity contribution in [2.45, 2.75) is 19.4 Å². The molecule has 0 heterocycles. The zero-order valence-corrected chi connectivity index (χ0v) is 5.55.